The van der Waals surface area contributed by atoms with Crippen LogP contribution in [0.1, 0.15) is 57.8 Å². The summed E-state index contributed by atoms with van der Waals surface area (Å²) < 4.78 is 34.2. The molecule has 0 unspecified atom stereocenters. The molecule has 4 rings (SSSR count). The van der Waals surface area contributed by atoms with E-state index in [1.165, 1.54) is 12.1 Å². The van der Waals surface area contributed by atoms with Gasteiger partial charge in [-0.25, -0.2) is 17.9 Å². The van der Waals surface area contributed by atoms with Crippen LogP contribution in [0.25, 0.3) is 10.9 Å². The van der Waals surface area contributed by atoms with Crippen molar-refractivity contribution in [3.8, 4) is 0 Å². The average Bonchev–Trinajstić information content (AvgIpc) is 3.51. The molecule has 2 N–H and O–H groups in total. The summed E-state index contributed by atoms with van der Waals surface area (Å²) in [4.78, 5) is 24.3. The molecule has 1 aromatic heterocycles. The largest absolute Gasteiger partial charge is 0.446 e. The zero-order valence-corrected chi connectivity index (χ0v) is 21.1. The summed E-state index contributed by atoms with van der Waals surface area (Å²) in [5.74, 6) is -0.484. The van der Waals surface area contributed by atoms with E-state index in [0.717, 1.165) is 62.4 Å². The number of hydrogen-bond acceptors (Lipinski definition) is 5. The van der Waals surface area contributed by atoms with Gasteiger partial charge in [-0.15, -0.1) is 0 Å². The molecule has 0 radical (unpaired) electrons. The van der Waals surface area contributed by atoms with Crippen LogP contribution in [0.3, 0.4) is 0 Å². The number of nitrogens with zero attached hydrogens (tertiary/aromatic N) is 1. The van der Waals surface area contributed by atoms with Crippen LogP contribution in [0.5, 0.6) is 0 Å². The highest BCUT2D eigenvalue weighted by molar-refractivity contribution is 7.90. The molecule has 8 nitrogen and oxygen atoms in total. The van der Waals surface area contributed by atoms with Crippen LogP contribution in [0.15, 0.2) is 65.7 Å². The monoisotopic (exact) mass is 511 g/mol. The molecule has 0 aliphatic heterocycles. The molecule has 1 fully saturated rings. The number of nitrogens with one attached hydrogen (secondary N) is 2. The first kappa shape index (κ1) is 25.8. The molecule has 1 aliphatic rings. The topological polar surface area (TPSA) is 106 Å². The highest BCUT2D eigenvalue weighted by atomic mass is 32.2. The van der Waals surface area contributed by atoms with Gasteiger partial charge in [0.05, 0.1) is 10.4 Å². The third kappa shape index (κ3) is 7.10. The SMILES string of the molecule is O=C(CCCCCCn1ccc2ccc(NC(=O)OC3CCCC3)cc21)NS(=O)(=O)c1ccccc1. The zero-order valence-electron chi connectivity index (χ0n) is 20.3. The first-order valence-corrected chi connectivity index (χ1v) is 14.1. The lowest BCUT2D eigenvalue weighted by Crippen LogP contribution is -2.30. The van der Waals surface area contributed by atoms with Gasteiger partial charge in [0.15, 0.2) is 0 Å². The number of benzene rings is 2. The highest BCUT2D eigenvalue weighted by Gasteiger charge is 2.19. The van der Waals surface area contributed by atoms with Crippen molar-refractivity contribution >= 4 is 38.6 Å². The van der Waals surface area contributed by atoms with E-state index in [4.69, 9.17) is 4.74 Å². The number of ether oxygens (including phenoxy) is 1. The Morgan fingerprint density at radius 2 is 1.69 bits per heavy atom. The van der Waals surface area contributed by atoms with Crippen LogP contribution in [-0.4, -0.2) is 31.1 Å². The standard InChI is InChI=1S/C27H33N3O5S/c31-26(29-36(33,34)24-12-4-3-5-13-24)14-6-1-2-9-18-30-19-17-21-15-16-22(20-25(21)30)28-27(32)35-23-10-7-8-11-23/h3-5,12-13,15-17,19-20,23H,1-2,6-11,14,18H2,(H,28,32)(H,29,31). The van der Waals surface area contributed by atoms with Gasteiger partial charge in [-0.2, -0.15) is 0 Å². The second-order valence-electron chi connectivity index (χ2n) is 9.23. The number of hydrogen-bond donors (Lipinski definition) is 2. The Morgan fingerprint density at radius 3 is 2.47 bits per heavy atom. The lowest BCUT2D eigenvalue weighted by atomic mass is 10.1. The van der Waals surface area contributed by atoms with E-state index in [2.05, 4.69) is 14.6 Å². The molecule has 0 atom stereocenters. The number of unbranched alkanes of at least 4 members (excludes halogenated alkanes) is 3. The molecule has 9 heteroatoms. The van der Waals surface area contributed by atoms with Crippen molar-refractivity contribution in [1.29, 1.82) is 0 Å². The summed E-state index contributed by atoms with van der Waals surface area (Å²) >= 11 is 0. The molecule has 2 amide bonds. The van der Waals surface area contributed by atoms with Gasteiger partial charge in [0, 0.05) is 24.8 Å². The molecule has 1 saturated carbocycles. The molecule has 36 heavy (non-hydrogen) atoms. The minimum absolute atomic E-state index is 0.0249. The Hall–Kier alpha value is -3.33. The van der Waals surface area contributed by atoms with Crippen LogP contribution >= 0.6 is 0 Å². The van der Waals surface area contributed by atoms with Crippen molar-refractivity contribution in [1.82, 2.24) is 9.29 Å². The van der Waals surface area contributed by atoms with Crippen LogP contribution in [0.2, 0.25) is 0 Å². The van der Waals surface area contributed by atoms with Gasteiger partial charge in [-0.1, -0.05) is 37.1 Å². The molecule has 3 aromatic rings. The highest BCUT2D eigenvalue weighted by Crippen LogP contribution is 2.24. The summed E-state index contributed by atoms with van der Waals surface area (Å²) in [6.45, 7) is 0.814. The molecule has 0 bridgehead atoms. The molecule has 0 spiro atoms. The fourth-order valence-corrected chi connectivity index (χ4v) is 5.58. The third-order valence-electron chi connectivity index (χ3n) is 6.45. The molecule has 192 valence electrons. The van der Waals surface area contributed by atoms with Crippen LogP contribution in [-0.2, 0) is 26.1 Å². The maximum absolute atomic E-state index is 12.2. The number of carbonyl (C=O) groups excluding carboxylic acids is 2. The summed E-state index contributed by atoms with van der Waals surface area (Å²) in [6.07, 6.45) is 9.23. The average molecular weight is 512 g/mol. The zero-order chi connectivity index (χ0) is 25.4. The van der Waals surface area contributed by atoms with E-state index in [1.807, 2.05) is 30.5 Å². The maximum atomic E-state index is 12.2. The minimum Gasteiger partial charge on any atom is -0.446 e. The fraction of sp³-hybridized carbons (Fsp3) is 0.407. The number of anilines is 1. The van der Waals surface area contributed by atoms with Crippen molar-refractivity contribution < 1.29 is 22.7 Å². The normalized spacial score (nSPS) is 14.1. The van der Waals surface area contributed by atoms with Gasteiger partial charge in [-0.3, -0.25) is 10.1 Å². The summed E-state index contributed by atoms with van der Waals surface area (Å²) in [5.41, 5.74) is 1.75. The number of amides is 2. The van der Waals surface area contributed by atoms with Crippen LogP contribution in [0.4, 0.5) is 10.5 Å². The molecule has 0 saturated heterocycles. The van der Waals surface area contributed by atoms with Gasteiger partial charge >= 0.3 is 6.09 Å². The maximum Gasteiger partial charge on any atom is 0.411 e. The second-order valence-corrected chi connectivity index (χ2v) is 10.9. The molecular formula is C27H33N3O5S. The summed E-state index contributed by atoms with van der Waals surface area (Å²) in [5, 5.41) is 3.94. The number of rotatable bonds is 11. The van der Waals surface area contributed by atoms with E-state index in [1.54, 1.807) is 18.2 Å². The quantitative estimate of drug-likeness (QED) is 0.327. The Kier molecular flexibility index (Phi) is 8.64. The fourth-order valence-electron chi connectivity index (χ4n) is 4.54. The van der Waals surface area contributed by atoms with Crippen molar-refractivity contribution in [2.45, 2.75) is 75.3 Å². The van der Waals surface area contributed by atoms with Gasteiger partial charge in [0.1, 0.15) is 6.10 Å². The Morgan fingerprint density at radius 1 is 0.944 bits per heavy atom. The Bertz CT molecular complexity index is 1280. The molecular weight excluding hydrogens is 478 g/mol. The van der Waals surface area contributed by atoms with Gasteiger partial charge in [0.2, 0.25) is 5.91 Å². The van der Waals surface area contributed by atoms with Gasteiger partial charge in [0.25, 0.3) is 10.0 Å². The predicted octanol–water partition coefficient (Wildman–Crippen LogP) is 5.59. The number of fused-ring (bicyclic) bond motifs is 1. The molecule has 1 aliphatic carbocycles. The van der Waals surface area contributed by atoms with Gasteiger partial charge in [-0.05, 0) is 74.2 Å². The first-order chi connectivity index (χ1) is 17.4. The molecule has 2 aromatic carbocycles. The van der Waals surface area contributed by atoms with E-state index in [9.17, 15) is 18.0 Å². The molecule has 1 heterocycles. The summed E-state index contributed by atoms with van der Waals surface area (Å²) in [6, 6.07) is 15.8. The number of aromatic nitrogens is 1. The van der Waals surface area contributed by atoms with E-state index in [0.29, 0.717) is 12.1 Å². The number of carbonyl (C=O) groups is 2. The minimum atomic E-state index is -3.81. The van der Waals surface area contributed by atoms with Crippen molar-refractivity contribution in [3.63, 3.8) is 0 Å². The Balaban J connectivity index is 1.19. The lowest BCUT2D eigenvalue weighted by molar-refractivity contribution is -0.119. The predicted molar refractivity (Wildman–Crippen MR) is 139 cm³/mol. The lowest BCUT2D eigenvalue weighted by Gasteiger charge is -2.13. The van der Waals surface area contributed by atoms with E-state index >= 15 is 0 Å². The van der Waals surface area contributed by atoms with Crippen molar-refractivity contribution in [2.75, 3.05) is 5.32 Å². The van der Waals surface area contributed by atoms with Crippen molar-refractivity contribution in [3.05, 3.63) is 60.8 Å². The van der Waals surface area contributed by atoms with E-state index in [-0.39, 0.29) is 17.4 Å². The van der Waals surface area contributed by atoms with Crippen LogP contribution in [0, 0.1) is 0 Å². The first-order valence-electron chi connectivity index (χ1n) is 12.6. The van der Waals surface area contributed by atoms with Crippen molar-refractivity contribution in [2.24, 2.45) is 0 Å². The smallest absolute Gasteiger partial charge is 0.411 e. The van der Waals surface area contributed by atoms with E-state index < -0.39 is 22.0 Å². The summed E-state index contributed by atoms with van der Waals surface area (Å²) in [7, 11) is -3.81. The second kappa shape index (κ2) is 12.1. The number of sulfonamides is 1. The van der Waals surface area contributed by atoms with Crippen LogP contribution < -0.4 is 10.0 Å². The Labute approximate surface area is 212 Å². The van der Waals surface area contributed by atoms with Gasteiger partial charge < -0.3 is 9.30 Å². The third-order valence-corrected chi connectivity index (χ3v) is 7.84. The number of aryl methyl sites for hydroxylation is 1.